The second-order valence-electron chi connectivity index (χ2n) is 4.15. The van der Waals surface area contributed by atoms with Gasteiger partial charge in [-0.1, -0.05) is 0 Å². The Bertz CT molecular complexity index is 569. The molecule has 0 atom stereocenters. The van der Waals surface area contributed by atoms with Crippen LogP contribution in [0, 0.1) is 6.92 Å². The van der Waals surface area contributed by atoms with Crippen molar-refractivity contribution in [3.8, 4) is 0 Å². The SMILES string of the molecule is CCC(Cl)=C[n+]1[te]c2ccc(C)cc2c1CC. The first-order chi connectivity index (χ1) is 8.15. The van der Waals surface area contributed by atoms with Crippen LogP contribution in [-0.4, -0.2) is 20.7 Å². The van der Waals surface area contributed by atoms with Gasteiger partial charge in [0.25, 0.3) is 0 Å². The zero-order valence-electron chi connectivity index (χ0n) is 10.5. The van der Waals surface area contributed by atoms with Crippen molar-refractivity contribution < 1.29 is 2.79 Å². The van der Waals surface area contributed by atoms with Crippen LogP contribution in [0.3, 0.4) is 0 Å². The van der Waals surface area contributed by atoms with Crippen molar-refractivity contribution in [3.63, 3.8) is 0 Å². The van der Waals surface area contributed by atoms with Crippen molar-refractivity contribution >= 4 is 47.3 Å². The normalized spacial score (nSPS) is 12.4. The molecule has 17 heavy (non-hydrogen) atoms. The van der Waals surface area contributed by atoms with Crippen molar-refractivity contribution in [2.24, 2.45) is 0 Å². The van der Waals surface area contributed by atoms with E-state index >= 15 is 0 Å². The number of aryl methyl sites for hydroxylation is 2. The van der Waals surface area contributed by atoms with E-state index in [4.69, 9.17) is 11.6 Å². The fraction of sp³-hybridized carbons (Fsp3) is 0.357. The predicted octanol–water partition coefficient (Wildman–Crippen LogP) is 3.50. The fourth-order valence-corrected chi connectivity index (χ4v) is 5.41. The van der Waals surface area contributed by atoms with Crippen molar-refractivity contribution in [2.75, 3.05) is 0 Å². The van der Waals surface area contributed by atoms with E-state index < -0.39 is 0 Å². The van der Waals surface area contributed by atoms with E-state index in [1.165, 1.54) is 20.0 Å². The number of benzene rings is 1. The summed E-state index contributed by atoms with van der Waals surface area (Å²) < 4.78 is 3.95. The minimum absolute atomic E-state index is 0.300. The van der Waals surface area contributed by atoms with Crippen molar-refractivity contribution in [3.05, 3.63) is 34.5 Å². The Hall–Kier alpha value is -0.290. The first kappa shape index (κ1) is 13.1. The Morgan fingerprint density at radius 2 is 2.18 bits per heavy atom. The molecule has 0 amide bonds. The van der Waals surface area contributed by atoms with Crippen LogP contribution in [0.5, 0.6) is 0 Å². The summed E-state index contributed by atoms with van der Waals surface area (Å²) in [4.78, 5) is 0. The third kappa shape index (κ3) is 2.76. The summed E-state index contributed by atoms with van der Waals surface area (Å²) in [6, 6.07) is 6.81. The van der Waals surface area contributed by atoms with Gasteiger partial charge < -0.3 is 0 Å². The van der Waals surface area contributed by atoms with Gasteiger partial charge in [-0.2, -0.15) is 0 Å². The first-order valence-corrected chi connectivity index (χ1v) is 8.54. The molecule has 0 saturated carbocycles. The molecule has 1 heterocycles. The van der Waals surface area contributed by atoms with Crippen LogP contribution in [0.2, 0.25) is 0 Å². The van der Waals surface area contributed by atoms with Gasteiger partial charge in [0.05, 0.1) is 0 Å². The van der Waals surface area contributed by atoms with Gasteiger partial charge in [-0.3, -0.25) is 0 Å². The summed E-state index contributed by atoms with van der Waals surface area (Å²) in [5.74, 6) is 0. The van der Waals surface area contributed by atoms with Gasteiger partial charge in [-0.05, 0) is 0 Å². The summed E-state index contributed by atoms with van der Waals surface area (Å²) in [5.41, 5.74) is 2.78. The zero-order chi connectivity index (χ0) is 12.4. The van der Waals surface area contributed by atoms with Crippen molar-refractivity contribution in [1.29, 1.82) is 0 Å². The summed E-state index contributed by atoms with van der Waals surface area (Å²) >= 11 is 5.87. The number of hydrogen-bond donors (Lipinski definition) is 0. The molecule has 90 valence electrons. The molecule has 0 aliphatic carbocycles. The zero-order valence-corrected chi connectivity index (χ0v) is 13.5. The van der Waals surface area contributed by atoms with Gasteiger partial charge in [0.2, 0.25) is 0 Å². The molecule has 1 aromatic carbocycles. The van der Waals surface area contributed by atoms with Crippen LogP contribution in [0.25, 0.3) is 15.0 Å². The minimum atomic E-state index is -0.300. The fourth-order valence-electron chi connectivity index (χ4n) is 1.90. The van der Waals surface area contributed by atoms with Gasteiger partial charge in [0.1, 0.15) is 0 Å². The van der Waals surface area contributed by atoms with Gasteiger partial charge in [-0.25, -0.2) is 0 Å². The number of allylic oxidation sites excluding steroid dienone is 1. The number of hydrogen-bond acceptors (Lipinski definition) is 0. The molecule has 0 fully saturated rings. The Kier molecular flexibility index (Phi) is 4.31. The molecular weight excluding hydrogens is 345 g/mol. The van der Waals surface area contributed by atoms with Crippen LogP contribution in [0.1, 0.15) is 31.5 Å². The van der Waals surface area contributed by atoms with E-state index in [1.807, 2.05) is 0 Å². The summed E-state index contributed by atoms with van der Waals surface area (Å²) in [7, 11) is 0. The number of aromatic nitrogens is 1. The summed E-state index contributed by atoms with van der Waals surface area (Å²) in [6.07, 6.45) is 4.13. The maximum atomic E-state index is 6.17. The standard InChI is InChI=1S/C14H17ClNTe/c1-4-11(15)9-16-13(5-2)12-8-10(3)6-7-14(12)17-16/h6-9H,4-5H2,1-3H3/q+1. The third-order valence-electron chi connectivity index (χ3n) is 2.84. The molecular formula is C14H17ClNTe+. The third-order valence-corrected chi connectivity index (χ3v) is 6.27. The average Bonchev–Trinajstić information content (AvgIpc) is 2.65. The quantitative estimate of drug-likeness (QED) is 0.736. The first-order valence-electron chi connectivity index (χ1n) is 5.96. The molecule has 1 nitrogen and oxygen atoms in total. The average molecular weight is 362 g/mol. The Labute approximate surface area is 118 Å². The van der Waals surface area contributed by atoms with Crippen LogP contribution >= 0.6 is 11.6 Å². The number of rotatable bonds is 3. The van der Waals surface area contributed by atoms with Crippen molar-refractivity contribution in [2.45, 2.75) is 33.6 Å². The van der Waals surface area contributed by atoms with Crippen LogP contribution < -0.4 is 2.79 Å². The second kappa shape index (κ2) is 5.57. The number of halogens is 1. The number of nitrogens with zero attached hydrogens (tertiary/aromatic N) is 1. The molecule has 0 aliphatic rings. The monoisotopic (exact) mass is 364 g/mol. The Balaban J connectivity index is 2.64. The van der Waals surface area contributed by atoms with E-state index in [0.717, 1.165) is 17.9 Å². The Morgan fingerprint density at radius 3 is 2.82 bits per heavy atom. The molecule has 3 heteroatoms. The molecule has 0 spiro atoms. The van der Waals surface area contributed by atoms with Crippen molar-refractivity contribution in [1.82, 2.24) is 0 Å². The van der Waals surface area contributed by atoms with Gasteiger partial charge in [0.15, 0.2) is 0 Å². The molecule has 2 aromatic rings. The Morgan fingerprint density at radius 1 is 1.41 bits per heavy atom. The van der Waals surface area contributed by atoms with Crippen LogP contribution in [0.4, 0.5) is 0 Å². The topological polar surface area (TPSA) is 3.88 Å². The maximum absolute atomic E-state index is 6.17. The van der Waals surface area contributed by atoms with Crippen LogP contribution in [0.15, 0.2) is 23.2 Å². The van der Waals surface area contributed by atoms with E-state index in [0.29, 0.717) is 0 Å². The van der Waals surface area contributed by atoms with Gasteiger partial charge >= 0.3 is 118 Å². The molecule has 2 rings (SSSR count). The van der Waals surface area contributed by atoms with Crippen LogP contribution in [-0.2, 0) is 6.42 Å². The number of fused-ring (bicyclic) bond motifs is 1. The van der Waals surface area contributed by atoms with E-state index in [9.17, 15) is 0 Å². The molecule has 1 aromatic heterocycles. The predicted molar refractivity (Wildman–Crippen MR) is 75.6 cm³/mol. The van der Waals surface area contributed by atoms with E-state index in [-0.39, 0.29) is 20.7 Å². The molecule has 0 saturated heterocycles. The second-order valence-corrected chi connectivity index (χ2v) is 7.53. The molecule has 0 radical (unpaired) electrons. The molecule has 0 bridgehead atoms. The molecule has 0 unspecified atom stereocenters. The van der Waals surface area contributed by atoms with E-state index in [2.05, 4.69) is 48.0 Å². The van der Waals surface area contributed by atoms with Gasteiger partial charge in [-0.15, -0.1) is 0 Å². The summed E-state index contributed by atoms with van der Waals surface area (Å²) in [5, 5.41) is 2.40. The molecule has 0 N–H and O–H groups in total. The van der Waals surface area contributed by atoms with E-state index in [1.54, 1.807) is 0 Å². The summed E-state index contributed by atoms with van der Waals surface area (Å²) in [6.45, 7) is 6.48. The van der Waals surface area contributed by atoms with Gasteiger partial charge in [0, 0.05) is 0 Å². The molecule has 0 aliphatic heterocycles.